The van der Waals surface area contributed by atoms with Gasteiger partial charge in [0.1, 0.15) is 11.6 Å². The average Bonchev–Trinajstić information content (AvgIpc) is 2.94. The summed E-state index contributed by atoms with van der Waals surface area (Å²) in [5.41, 5.74) is 2.18. The number of unbranched alkanes of at least 4 members (excludes halogenated alkanes) is 3. The molecule has 2 aromatic rings. The van der Waals surface area contributed by atoms with Crippen LogP contribution in [0, 0.1) is 24.5 Å². The molecule has 0 aliphatic carbocycles. The Morgan fingerprint density at radius 1 is 0.975 bits per heavy atom. The minimum absolute atomic E-state index is 0.0972. The lowest BCUT2D eigenvalue weighted by molar-refractivity contribution is -0.129. The number of aryl methyl sites for hydroxylation is 1. The minimum atomic E-state index is -0.806. The summed E-state index contributed by atoms with van der Waals surface area (Å²) in [6, 6.07) is 7.14. The van der Waals surface area contributed by atoms with E-state index in [-0.39, 0.29) is 41.7 Å². The lowest BCUT2D eigenvalue weighted by atomic mass is 9.96. The highest BCUT2D eigenvalue weighted by atomic mass is 19.1. The van der Waals surface area contributed by atoms with Crippen molar-refractivity contribution in [3.8, 4) is 0 Å². The number of anilines is 2. The highest BCUT2D eigenvalue weighted by Gasteiger charge is 2.29. The summed E-state index contributed by atoms with van der Waals surface area (Å²) < 4.78 is 28.4. The molecule has 0 aromatic heterocycles. The summed E-state index contributed by atoms with van der Waals surface area (Å²) in [6.45, 7) is 2.74. The van der Waals surface area contributed by atoms with Gasteiger partial charge in [-0.25, -0.2) is 19.1 Å². The number of piperidine rings is 1. The molecule has 1 aliphatic heterocycles. The number of carbonyl (C=O) groups excluding carboxylic acids is 4. The van der Waals surface area contributed by atoms with Gasteiger partial charge >= 0.3 is 6.03 Å². The Morgan fingerprint density at radius 2 is 1.75 bits per heavy atom. The molecule has 1 atom stereocenters. The Hall–Kier alpha value is -4.06. The van der Waals surface area contributed by atoms with Crippen LogP contribution < -0.4 is 21.4 Å². The molecular weight excluding hydrogens is 524 g/mol. The minimum Gasteiger partial charge on any atom is -0.356 e. The number of urea groups is 1. The first-order valence-electron chi connectivity index (χ1n) is 13.3. The van der Waals surface area contributed by atoms with Crippen molar-refractivity contribution in [2.75, 3.05) is 30.3 Å². The largest absolute Gasteiger partial charge is 0.356 e. The fourth-order valence-corrected chi connectivity index (χ4v) is 4.44. The van der Waals surface area contributed by atoms with Crippen LogP contribution in [0.25, 0.3) is 0 Å². The number of carbonyl (C=O) groups is 4. The molecule has 0 bridgehead atoms. The monoisotopic (exact) mass is 559 g/mol. The van der Waals surface area contributed by atoms with Crippen LogP contribution in [0.3, 0.4) is 0 Å². The number of halogens is 2. The van der Waals surface area contributed by atoms with Crippen molar-refractivity contribution < 1.29 is 33.2 Å². The summed E-state index contributed by atoms with van der Waals surface area (Å²) in [5, 5.41) is 16.1. The van der Waals surface area contributed by atoms with Crippen LogP contribution in [0.1, 0.15) is 60.9 Å². The van der Waals surface area contributed by atoms with Crippen LogP contribution in [0.4, 0.5) is 25.0 Å². The molecule has 5 amide bonds. The smallest absolute Gasteiger partial charge is 0.323 e. The Kier molecular flexibility index (Phi) is 11.4. The third-order valence-electron chi connectivity index (χ3n) is 6.73. The van der Waals surface area contributed by atoms with Crippen LogP contribution in [-0.4, -0.2) is 53.5 Å². The molecule has 216 valence electrons. The third-order valence-corrected chi connectivity index (χ3v) is 6.73. The Balaban J connectivity index is 1.46. The van der Waals surface area contributed by atoms with E-state index in [1.807, 2.05) is 0 Å². The number of hydrogen-bond donors (Lipinski definition) is 5. The van der Waals surface area contributed by atoms with Gasteiger partial charge in [0.15, 0.2) is 0 Å². The van der Waals surface area contributed by atoms with E-state index in [1.165, 1.54) is 29.2 Å². The van der Waals surface area contributed by atoms with Gasteiger partial charge in [0.2, 0.25) is 11.8 Å². The van der Waals surface area contributed by atoms with E-state index < -0.39 is 29.5 Å². The second-order valence-corrected chi connectivity index (χ2v) is 9.82. The third kappa shape index (κ3) is 9.01. The predicted molar refractivity (Wildman–Crippen MR) is 145 cm³/mol. The van der Waals surface area contributed by atoms with Crippen molar-refractivity contribution in [1.82, 2.24) is 15.7 Å². The van der Waals surface area contributed by atoms with Crippen LogP contribution in [-0.2, 0) is 9.59 Å². The van der Waals surface area contributed by atoms with E-state index in [2.05, 4.69) is 16.0 Å². The van der Waals surface area contributed by atoms with E-state index in [9.17, 15) is 28.0 Å². The van der Waals surface area contributed by atoms with E-state index in [1.54, 1.807) is 12.4 Å². The van der Waals surface area contributed by atoms with Gasteiger partial charge in [-0.2, -0.15) is 0 Å². The molecule has 1 saturated heterocycles. The zero-order chi connectivity index (χ0) is 29.1. The molecule has 12 heteroatoms. The summed E-state index contributed by atoms with van der Waals surface area (Å²) in [5.74, 6) is -2.62. The first-order chi connectivity index (χ1) is 19.2. The van der Waals surface area contributed by atoms with Crippen LogP contribution in [0.5, 0.6) is 0 Å². The second kappa shape index (κ2) is 14.9. The average molecular weight is 560 g/mol. The van der Waals surface area contributed by atoms with Crippen molar-refractivity contribution >= 4 is 35.1 Å². The zero-order valence-corrected chi connectivity index (χ0v) is 22.4. The molecular formula is C28H35F2N5O5. The molecule has 0 radical (unpaired) electrons. The summed E-state index contributed by atoms with van der Waals surface area (Å²) >= 11 is 0. The van der Waals surface area contributed by atoms with Crippen molar-refractivity contribution in [1.29, 1.82) is 0 Å². The molecule has 1 heterocycles. The normalized spacial score (nSPS) is 14.8. The molecule has 0 spiro atoms. The Labute approximate surface area is 231 Å². The number of benzene rings is 2. The number of amides is 5. The number of nitrogens with zero attached hydrogens (tertiary/aromatic N) is 1. The summed E-state index contributed by atoms with van der Waals surface area (Å²) in [7, 11) is 0. The Morgan fingerprint density at radius 3 is 2.48 bits per heavy atom. The second-order valence-electron chi connectivity index (χ2n) is 9.82. The topological polar surface area (TPSA) is 140 Å². The van der Waals surface area contributed by atoms with Crippen LogP contribution in [0.15, 0.2) is 36.4 Å². The van der Waals surface area contributed by atoms with Gasteiger partial charge in [-0.05, 0) is 68.5 Å². The zero-order valence-electron chi connectivity index (χ0n) is 22.4. The number of hydroxylamine groups is 1. The van der Waals surface area contributed by atoms with Gasteiger partial charge in [0.25, 0.3) is 5.91 Å². The lowest BCUT2D eigenvalue weighted by Gasteiger charge is -2.32. The standard InChI is InChI=1S/C28H35F2N5O5/c1-18-9-11-21(16-22(18)29)32-28(39)33-24-12-10-19(15-23(24)30)27(38)35-14-6-7-20(17-35)26(37)31-13-5-3-2-4-8-25(36)34-40/h9-12,15-16,20,40H,2-8,13-14,17H2,1H3,(H,31,37)(H,34,36)(H2,32,33,39)/t20-/m0/s1. The van der Waals surface area contributed by atoms with Gasteiger partial charge in [-0.3, -0.25) is 19.6 Å². The maximum atomic E-state index is 14.7. The maximum Gasteiger partial charge on any atom is 0.323 e. The molecule has 1 fully saturated rings. The van der Waals surface area contributed by atoms with E-state index >= 15 is 0 Å². The van der Waals surface area contributed by atoms with Crippen molar-refractivity contribution in [2.24, 2.45) is 5.92 Å². The number of likely N-dealkylation sites (tertiary alicyclic amines) is 1. The first-order valence-corrected chi connectivity index (χ1v) is 13.3. The fourth-order valence-electron chi connectivity index (χ4n) is 4.44. The molecule has 5 N–H and O–H groups in total. The van der Waals surface area contributed by atoms with Crippen molar-refractivity contribution in [3.05, 3.63) is 59.2 Å². The fraction of sp³-hybridized carbons (Fsp3) is 0.429. The predicted octanol–water partition coefficient (Wildman–Crippen LogP) is 4.34. The molecule has 1 aliphatic rings. The highest BCUT2D eigenvalue weighted by Crippen LogP contribution is 2.22. The van der Waals surface area contributed by atoms with Gasteiger partial charge in [-0.15, -0.1) is 0 Å². The van der Waals surface area contributed by atoms with Crippen molar-refractivity contribution in [3.63, 3.8) is 0 Å². The molecule has 10 nitrogen and oxygen atoms in total. The van der Waals surface area contributed by atoms with Gasteiger partial charge in [0.05, 0.1) is 11.6 Å². The molecule has 2 aromatic carbocycles. The summed E-state index contributed by atoms with van der Waals surface area (Å²) in [4.78, 5) is 50.4. The van der Waals surface area contributed by atoms with Gasteiger partial charge in [-0.1, -0.05) is 18.9 Å². The van der Waals surface area contributed by atoms with Gasteiger partial charge < -0.3 is 20.9 Å². The lowest BCUT2D eigenvalue weighted by Crippen LogP contribution is -2.45. The first kappa shape index (κ1) is 30.5. The van der Waals surface area contributed by atoms with Crippen LogP contribution >= 0.6 is 0 Å². The molecule has 0 saturated carbocycles. The SMILES string of the molecule is Cc1ccc(NC(=O)Nc2ccc(C(=O)N3CCC[C@H](C(=O)NCCCCCCC(=O)NO)C3)cc2F)cc1F. The van der Waals surface area contributed by atoms with Crippen molar-refractivity contribution in [2.45, 2.75) is 51.9 Å². The van der Waals surface area contributed by atoms with E-state index in [0.29, 0.717) is 37.9 Å². The van der Waals surface area contributed by atoms with E-state index in [4.69, 9.17) is 5.21 Å². The number of nitrogens with one attached hydrogen (secondary N) is 4. The maximum absolute atomic E-state index is 14.7. The summed E-state index contributed by atoms with van der Waals surface area (Å²) in [6.07, 6.45) is 4.57. The molecule has 0 unspecified atom stereocenters. The quantitative estimate of drug-likeness (QED) is 0.158. The van der Waals surface area contributed by atoms with Gasteiger partial charge in [0, 0.05) is 37.3 Å². The number of rotatable bonds is 11. The molecule has 3 rings (SSSR count). The Bertz CT molecular complexity index is 1230. The number of hydrogen-bond acceptors (Lipinski definition) is 5. The van der Waals surface area contributed by atoms with Crippen LogP contribution in [0.2, 0.25) is 0 Å². The molecule has 40 heavy (non-hydrogen) atoms. The van der Waals surface area contributed by atoms with E-state index in [0.717, 1.165) is 31.4 Å². The highest BCUT2D eigenvalue weighted by molar-refractivity contribution is 6.00.